The minimum absolute atomic E-state index is 0.273. The van der Waals surface area contributed by atoms with Gasteiger partial charge in [0.2, 0.25) is 5.89 Å². The Morgan fingerprint density at radius 3 is 3.00 bits per heavy atom. The topological polar surface area (TPSA) is 54.2 Å². The van der Waals surface area contributed by atoms with Gasteiger partial charge in [0.05, 0.1) is 6.54 Å². The predicted molar refractivity (Wildman–Crippen MR) is 68.1 cm³/mol. The molecule has 2 heterocycles. The fraction of sp³-hybridized carbons (Fsp3) is 0.846. The molecule has 0 spiro atoms. The van der Waals surface area contributed by atoms with Crippen molar-refractivity contribution in [1.82, 2.24) is 20.4 Å². The highest BCUT2D eigenvalue weighted by Gasteiger charge is 2.42. The van der Waals surface area contributed by atoms with E-state index in [1.165, 1.54) is 19.3 Å². The van der Waals surface area contributed by atoms with Crippen LogP contribution in [0.5, 0.6) is 0 Å². The molecule has 1 saturated carbocycles. The zero-order valence-electron chi connectivity index (χ0n) is 11.3. The molecule has 2 aliphatic rings. The third-order valence-electron chi connectivity index (χ3n) is 4.15. The second-order valence-electron chi connectivity index (χ2n) is 5.91. The number of hydrogen-bond acceptors (Lipinski definition) is 5. The van der Waals surface area contributed by atoms with Gasteiger partial charge in [-0.2, -0.15) is 4.98 Å². The summed E-state index contributed by atoms with van der Waals surface area (Å²) < 4.78 is 5.05. The van der Waals surface area contributed by atoms with Crippen molar-refractivity contribution in [2.75, 3.05) is 19.6 Å². The summed E-state index contributed by atoms with van der Waals surface area (Å²) in [4.78, 5) is 6.76. The van der Waals surface area contributed by atoms with E-state index in [9.17, 15) is 0 Å². The number of hydrogen-bond donors (Lipinski definition) is 1. The minimum Gasteiger partial charge on any atom is -0.340 e. The molecule has 1 aliphatic carbocycles. The first kappa shape index (κ1) is 12.1. The van der Waals surface area contributed by atoms with Crippen LogP contribution < -0.4 is 5.32 Å². The van der Waals surface area contributed by atoms with Gasteiger partial charge in [-0.05, 0) is 45.2 Å². The summed E-state index contributed by atoms with van der Waals surface area (Å²) in [6.07, 6.45) is 3.94. The molecule has 2 fully saturated rings. The molecule has 0 bridgehead atoms. The second kappa shape index (κ2) is 4.63. The van der Waals surface area contributed by atoms with Gasteiger partial charge in [-0.3, -0.25) is 4.90 Å². The van der Waals surface area contributed by atoms with Crippen LogP contribution in [0.1, 0.15) is 37.9 Å². The van der Waals surface area contributed by atoms with Crippen LogP contribution in [0.3, 0.4) is 0 Å². The number of aromatic nitrogens is 2. The van der Waals surface area contributed by atoms with Crippen molar-refractivity contribution < 1.29 is 4.52 Å². The van der Waals surface area contributed by atoms with Crippen LogP contribution in [0, 0.1) is 12.8 Å². The van der Waals surface area contributed by atoms with E-state index in [1.54, 1.807) is 0 Å². The monoisotopic (exact) mass is 250 g/mol. The molecule has 3 rings (SSSR count). The summed E-state index contributed by atoms with van der Waals surface area (Å²) >= 11 is 0. The van der Waals surface area contributed by atoms with Gasteiger partial charge in [0.1, 0.15) is 0 Å². The van der Waals surface area contributed by atoms with Gasteiger partial charge >= 0.3 is 0 Å². The number of aryl methyl sites for hydroxylation is 1. The lowest BCUT2D eigenvalue weighted by molar-refractivity contribution is 0.190. The first-order chi connectivity index (χ1) is 8.66. The third-order valence-corrected chi connectivity index (χ3v) is 4.15. The summed E-state index contributed by atoms with van der Waals surface area (Å²) in [5, 5.41) is 7.74. The second-order valence-corrected chi connectivity index (χ2v) is 5.91. The first-order valence-electron chi connectivity index (χ1n) is 6.92. The lowest BCUT2D eigenvalue weighted by Gasteiger charge is -2.33. The average Bonchev–Trinajstić information content (AvgIpc) is 3.11. The summed E-state index contributed by atoms with van der Waals surface area (Å²) in [6.45, 7) is 8.34. The molecule has 5 nitrogen and oxygen atoms in total. The van der Waals surface area contributed by atoms with E-state index in [-0.39, 0.29) is 5.54 Å². The van der Waals surface area contributed by atoms with Crippen LogP contribution in [0.25, 0.3) is 0 Å². The lowest BCUT2D eigenvalue weighted by atomic mass is 9.95. The van der Waals surface area contributed by atoms with Crippen LogP contribution in [-0.2, 0) is 6.54 Å². The van der Waals surface area contributed by atoms with Gasteiger partial charge in [-0.15, -0.1) is 0 Å². The summed E-state index contributed by atoms with van der Waals surface area (Å²) in [5.74, 6) is 2.32. The van der Waals surface area contributed by atoms with Gasteiger partial charge in [-0.25, -0.2) is 0 Å². The Hall–Kier alpha value is -0.940. The predicted octanol–water partition coefficient (Wildman–Crippen LogP) is 1.34. The van der Waals surface area contributed by atoms with E-state index >= 15 is 0 Å². The Balaban J connectivity index is 1.67. The lowest BCUT2D eigenvalue weighted by Crippen LogP contribution is -2.50. The Morgan fingerprint density at radius 2 is 2.33 bits per heavy atom. The Bertz CT molecular complexity index is 415. The van der Waals surface area contributed by atoms with E-state index < -0.39 is 0 Å². The Kier molecular flexibility index (Phi) is 3.11. The normalized spacial score (nSPS) is 30.3. The maximum atomic E-state index is 5.05. The van der Waals surface area contributed by atoms with Crippen molar-refractivity contribution in [1.29, 1.82) is 0 Å². The SMILES string of the molecule is Cc1nc(CN2CCCNC(C)(C3CC3)C2)no1. The molecule has 1 atom stereocenters. The number of nitrogens with zero attached hydrogens (tertiary/aromatic N) is 3. The maximum absolute atomic E-state index is 5.05. The van der Waals surface area contributed by atoms with Crippen LogP contribution in [0.15, 0.2) is 4.52 Å². The van der Waals surface area contributed by atoms with E-state index in [4.69, 9.17) is 4.52 Å². The molecule has 1 unspecified atom stereocenters. The molecule has 1 N–H and O–H groups in total. The zero-order valence-corrected chi connectivity index (χ0v) is 11.3. The van der Waals surface area contributed by atoms with E-state index in [0.717, 1.165) is 37.9 Å². The fourth-order valence-corrected chi connectivity index (χ4v) is 3.01. The van der Waals surface area contributed by atoms with Crippen LogP contribution in [0.2, 0.25) is 0 Å². The van der Waals surface area contributed by atoms with Gasteiger partial charge < -0.3 is 9.84 Å². The first-order valence-corrected chi connectivity index (χ1v) is 6.92. The van der Waals surface area contributed by atoms with E-state index in [2.05, 4.69) is 27.3 Å². The fourth-order valence-electron chi connectivity index (χ4n) is 3.01. The molecule has 100 valence electrons. The van der Waals surface area contributed by atoms with Gasteiger partial charge in [0.25, 0.3) is 0 Å². The minimum atomic E-state index is 0.273. The van der Waals surface area contributed by atoms with Crippen molar-refractivity contribution >= 4 is 0 Å². The van der Waals surface area contributed by atoms with E-state index in [1.807, 2.05) is 6.92 Å². The third kappa shape index (κ3) is 2.57. The van der Waals surface area contributed by atoms with Gasteiger partial charge in [0.15, 0.2) is 5.82 Å². The highest BCUT2D eigenvalue weighted by molar-refractivity contribution is 5.01. The highest BCUT2D eigenvalue weighted by Crippen LogP contribution is 2.40. The molecule has 1 aromatic heterocycles. The molecular formula is C13H22N4O. The largest absolute Gasteiger partial charge is 0.340 e. The van der Waals surface area contributed by atoms with Crippen LogP contribution in [-0.4, -0.2) is 40.2 Å². The highest BCUT2D eigenvalue weighted by atomic mass is 16.5. The van der Waals surface area contributed by atoms with Crippen molar-refractivity contribution in [2.24, 2.45) is 5.92 Å². The molecular weight excluding hydrogens is 228 g/mol. The van der Waals surface area contributed by atoms with Gasteiger partial charge in [-0.1, -0.05) is 5.16 Å². The molecule has 1 aliphatic heterocycles. The average molecular weight is 250 g/mol. The smallest absolute Gasteiger partial charge is 0.223 e. The molecule has 1 aromatic rings. The standard InChI is InChI=1S/C13H22N4O/c1-10-15-12(16-18-10)8-17-7-3-6-14-13(2,9-17)11-4-5-11/h11,14H,3-9H2,1-2H3. The Morgan fingerprint density at radius 1 is 1.50 bits per heavy atom. The molecule has 1 saturated heterocycles. The summed E-state index contributed by atoms with van der Waals surface area (Å²) in [7, 11) is 0. The summed E-state index contributed by atoms with van der Waals surface area (Å²) in [5.41, 5.74) is 0.273. The molecule has 0 amide bonds. The maximum Gasteiger partial charge on any atom is 0.223 e. The van der Waals surface area contributed by atoms with Crippen molar-refractivity contribution in [2.45, 2.75) is 45.2 Å². The van der Waals surface area contributed by atoms with Gasteiger partial charge in [0, 0.05) is 19.0 Å². The van der Waals surface area contributed by atoms with Crippen molar-refractivity contribution in [3.05, 3.63) is 11.7 Å². The molecule has 0 aromatic carbocycles. The van der Waals surface area contributed by atoms with Crippen molar-refractivity contribution in [3.63, 3.8) is 0 Å². The number of rotatable bonds is 3. The summed E-state index contributed by atoms with van der Waals surface area (Å²) in [6, 6.07) is 0. The number of nitrogens with one attached hydrogen (secondary N) is 1. The molecule has 0 radical (unpaired) electrons. The van der Waals surface area contributed by atoms with Crippen molar-refractivity contribution in [3.8, 4) is 0 Å². The van der Waals surface area contributed by atoms with Crippen LogP contribution >= 0.6 is 0 Å². The molecule has 18 heavy (non-hydrogen) atoms. The van der Waals surface area contributed by atoms with E-state index in [0.29, 0.717) is 5.89 Å². The Labute approximate surface area is 108 Å². The molecule has 5 heteroatoms. The van der Waals surface area contributed by atoms with Crippen LogP contribution in [0.4, 0.5) is 0 Å². The quantitative estimate of drug-likeness (QED) is 0.877. The zero-order chi connectivity index (χ0) is 12.6.